The van der Waals surface area contributed by atoms with E-state index < -0.39 is 6.04 Å². The summed E-state index contributed by atoms with van der Waals surface area (Å²) in [5.41, 5.74) is 5.84. The number of amides is 1. The van der Waals surface area contributed by atoms with Gasteiger partial charge in [0, 0.05) is 23.4 Å². The molecular formula is C13H20N2O2S. The van der Waals surface area contributed by atoms with Crippen LogP contribution in [-0.2, 0) is 9.53 Å². The molecule has 2 atom stereocenters. The molecule has 2 unspecified atom stereocenters. The fourth-order valence-corrected chi connectivity index (χ4v) is 3.45. The van der Waals surface area contributed by atoms with Crippen LogP contribution in [-0.4, -0.2) is 37.1 Å². The van der Waals surface area contributed by atoms with Gasteiger partial charge < -0.3 is 15.4 Å². The van der Waals surface area contributed by atoms with Gasteiger partial charge in [-0.1, -0.05) is 0 Å². The average Bonchev–Trinajstić information content (AvgIpc) is 2.96. The van der Waals surface area contributed by atoms with E-state index in [0.29, 0.717) is 0 Å². The molecule has 1 amide bonds. The molecule has 0 radical (unpaired) electrons. The summed E-state index contributed by atoms with van der Waals surface area (Å²) in [5, 5.41) is 0. The lowest BCUT2D eigenvalue weighted by atomic mass is 10.1. The van der Waals surface area contributed by atoms with Crippen LogP contribution in [0, 0.1) is 6.92 Å². The number of carbonyl (C=O) groups is 1. The van der Waals surface area contributed by atoms with E-state index in [1.165, 1.54) is 9.75 Å². The molecule has 2 N–H and O–H groups in total. The molecule has 1 aromatic rings. The molecule has 1 aliphatic rings. The minimum absolute atomic E-state index is 0.00500. The van der Waals surface area contributed by atoms with E-state index in [-0.39, 0.29) is 18.6 Å². The lowest BCUT2D eigenvalue weighted by Gasteiger charge is -2.26. The summed E-state index contributed by atoms with van der Waals surface area (Å²) in [7, 11) is 1.57. The quantitative estimate of drug-likeness (QED) is 0.904. The lowest BCUT2D eigenvalue weighted by Crippen LogP contribution is -2.45. The zero-order valence-corrected chi connectivity index (χ0v) is 11.7. The predicted octanol–water partition coefficient (Wildman–Crippen LogP) is 1.69. The van der Waals surface area contributed by atoms with E-state index in [9.17, 15) is 4.79 Å². The Morgan fingerprint density at radius 2 is 2.44 bits per heavy atom. The molecular weight excluding hydrogens is 248 g/mol. The normalized spacial score (nSPS) is 21.3. The third-order valence-electron chi connectivity index (χ3n) is 3.29. The molecule has 0 bridgehead atoms. The molecule has 0 spiro atoms. The number of carbonyl (C=O) groups excluding carboxylic acids is 1. The van der Waals surface area contributed by atoms with Crippen molar-refractivity contribution in [2.24, 2.45) is 5.73 Å². The first-order valence-electron chi connectivity index (χ1n) is 6.25. The maximum Gasteiger partial charge on any atom is 0.242 e. The predicted molar refractivity (Wildman–Crippen MR) is 72.6 cm³/mol. The third-order valence-corrected chi connectivity index (χ3v) is 4.39. The van der Waals surface area contributed by atoms with Gasteiger partial charge >= 0.3 is 0 Å². The second kappa shape index (κ2) is 5.82. The summed E-state index contributed by atoms with van der Waals surface area (Å²) in [6.45, 7) is 3.18. The number of thiophene rings is 1. The summed E-state index contributed by atoms with van der Waals surface area (Å²) in [6, 6.07) is 3.89. The zero-order valence-electron chi connectivity index (χ0n) is 10.9. The number of likely N-dealkylation sites (tertiary alicyclic amines) is 1. The van der Waals surface area contributed by atoms with Crippen molar-refractivity contribution in [2.45, 2.75) is 31.8 Å². The number of methoxy groups -OCH3 is 1. The average molecular weight is 268 g/mol. The molecule has 5 heteroatoms. The van der Waals surface area contributed by atoms with Gasteiger partial charge in [0.15, 0.2) is 0 Å². The minimum Gasteiger partial charge on any atom is -0.383 e. The molecule has 18 heavy (non-hydrogen) atoms. The third kappa shape index (κ3) is 2.74. The molecule has 100 valence electrons. The van der Waals surface area contributed by atoms with Crippen LogP contribution in [0.25, 0.3) is 0 Å². The monoisotopic (exact) mass is 268 g/mol. The Hall–Kier alpha value is -0.910. The largest absolute Gasteiger partial charge is 0.383 e. The SMILES string of the molecule is COCC(N)C(=O)N1CCCC1c1ccc(C)s1. The number of rotatable bonds is 4. The first kappa shape index (κ1) is 13.5. The molecule has 0 saturated carbocycles. The van der Waals surface area contributed by atoms with Crippen molar-refractivity contribution in [3.63, 3.8) is 0 Å². The lowest BCUT2D eigenvalue weighted by molar-refractivity contribution is -0.134. The van der Waals surface area contributed by atoms with Crippen molar-refractivity contribution < 1.29 is 9.53 Å². The topological polar surface area (TPSA) is 55.6 Å². The standard InChI is InChI=1S/C13H20N2O2S/c1-9-5-6-12(18-9)11-4-3-7-15(11)13(16)10(14)8-17-2/h5-6,10-11H,3-4,7-8,14H2,1-2H3. The number of hydrogen-bond acceptors (Lipinski definition) is 4. The van der Waals surface area contributed by atoms with Crippen LogP contribution in [0.4, 0.5) is 0 Å². The molecule has 1 aromatic heterocycles. The number of ether oxygens (including phenoxy) is 1. The molecule has 1 aliphatic heterocycles. The van der Waals surface area contributed by atoms with Gasteiger partial charge in [0.1, 0.15) is 6.04 Å². The van der Waals surface area contributed by atoms with Crippen molar-refractivity contribution >= 4 is 17.2 Å². The van der Waals surface area contributed by atoms with Gasteiger partial charge in [-0.05, 0) is 31.9 Å². The molecule has 1 saturated heterocycles. The highest BCUT2D eigenvalue weighted by Crippen LogP contribution is 2.35. The van der Waals surface area contributed by atoms with E-state index in [1.807, 2.05) is 4.90 Å². The Morgan fingerprint density at radius 1 is 1.67 bits per heavy atom. The fraction of sp³-hybridized carbons (Fsp3) is 0.615. The number of nitrogens with two attached hydrogens (primary N) is 1. The summed E-state index contributed by atoms with van der Waals surface area (Å²) < 4.78 is 4.96. The Kier molecular flexibility index (Phi) is 4.37. The number of aryl methyl sites for hydroxylation is 1. The maximum absolute atomic E-state index is 12.3. The van der Waals surface area contributed by atoms with Crippen molar-refractivity contribution in [2.75, 3.05) is 20.3 Å². The van der Waals surface area contributed by atoms with E-state index in [0.717, 1.165) is 19.4 Å². The van der Waals surface area contributed by atoms with Crippen LogP contribution in [0.3, 0.4) is 0 Å². The van der Waals surface area contributed by atoms with Crippen LogP contribution in [0.15, 0.2) is 12.1 Å². The van der Waals surface area contributed by atoms with E-state index in [1.54, 1.807) is 18.4 Å². The van der Waals surface area contributed by atoms with Gasteiger partial charge in [0.2, 0.25) is 5.91 Å². The van der Waals surface area contributed by atoms with Crippen molar-refractivity contribution in [3.05, 3.63) is 21.9 Å². The van der Waals surface area contributed by atoms with Crippen LogP contribution in [0.5, 0.6) is 0 Å². The molecule has 1 fully saturated rings. The summed E-state index contributed by atoms with van der Waals surface area (Å²) in [4.78, 5) is 16.7. The first-order chi connectivity index (χ1) is 8.63. The van der Waals surface area contributed by atoms with Crippen LogP contribution in [0.1, 0.15) is 28.6 Å². The zero-order chi connectivity index (χ0) is 13.1. The van der Waals surface area contributed by atoms with Crippen LogP contribution < -0.4 is 5.73 Å². The van der Waals surface area contributed by atoms with Gasteiger partial charge in [-0.15, -0.1) is 11.3 Å². The van der Waals surface area contributed by atoms with Gasteiger partial charge in [0.25, 0.3) is 0 Å². The molecule has 2 rings (SSSR count). The highest BCUT2D eigenvalue weighted by molar-refractivity contribution is 7.12. The Bertz CT molecular complexity index is 419. The number of hydrogen-bond donors (Lipinski definition) is 1. The van der Waals surface area contributed by atoms with Crippen LogP contribution >= 0.6 is 11.3 Å². The van der Waals surface area contributed by atoms with Crippen molar-refractivity contribution in [3.8, 4) is 0 Å². The highest BCUT2D eigenvalue weighted by Gasteiger charge is 2.33. The Balaban J connectivity index is 2.10. The minimum atomic E-state index is -0.545. The van der Waals surface area contributed by atoms with E-state index in [4.69, 9.17) is 10.5 Å². The summed E-state index contributed by atoms with van der Waals surface area (Å²) >= 11 is 1.77. The van der Waals surface area contributed by atoms with Crippen molar-refractivity contribution in [1.29, 1.82) is 0 Å². The van der Waals surface area contributed by atoms with E-state index >= 15 is 0 Å². The number of nitrogens with zero attached hydrogens (tertiary/aromatic N) is 1. The van der Waals surface area contributed by atoms with E-state index in [2.05, 4.69) is 19.1 Å². The van der Waals surface area contributed by atoms with Gasteiger partial charge in [0.05, 0.1) is 12.6 Å². The molecule has 2 heterocycles. The summed E-state index contributed by atoms with van der Waals surface area (Å²) in [6.07, 6.45) is 2.08. The first-order valence-corrected chi connectivity index (χ1v) is 7.06. The Labute approximate surface area is 112 Å². The van der Waals surface area contributed by atoms with Gasteiger partial charge in [-0.25, -0.2) is 0 Å². The molecule has 0 aliphatic carbocycles. The fourth-order valence-electron chi connectivity index (χ4n) is 2.42. The summed E-state index contributed by atoms with van der Waals surface area (Å²) in [5.74, 6) is 0.00500. The van der Waals surface area contributed by atoms with Crippen LogP contribution in [0.2, 0.25) is 0 Å². The second-order valence-corrected chi connectivity index (χ2v) is 6.02. The molecule has 4 nitrogen and oxygen atoms in total. The van der Waals surface area contributed by atoms with Crippen molar-refractivity contribution in [1.82, 2.24) is 4.90 Å². The Morgan fingerprint density at radius 3 is 3.06 bits per heavy atom. The smallest absolute Gasteiger partial charge is 0.242 e. The molecule has 0 aromatic carbocycles. The maximum atomic E-state index is 12.3. The second-order valence-electron chi connectivity index (χ2n) is 4.70. The van der Waals surface area contributed by atoms with Gasteiger partial charge in [-0.2, -0.15) is 0 Å². The highest BCUT2D eigenvalue weighted by atomic mass is 32.1. The van der Waals surface area contributed by atoms with Gasteiger partial charge in [-0.3, -0.25) is 4.79 Å².